The summed E-state index contributed by atoms with van der Waals surface area (Å²) in [4.78, 5) is 19.5. The molecule has 6 nitrogen and oxygen atoms in total. The molecule has 0 aromatic heterocycles. The molecule has 0 fully saturated rings. The van der Waals surface area contributed by atoms with Gasteiger partial charge in [-0.3, -0.25) is 4.79 Å². The zero-order valence-electron chi connectivity index (χ0n) is 16.0. The van der Waals surface area contributed by atoms with E-state index in [0.717, 1.165) is 19.4 Å². The van der Waals surface area contributed by atoms with E-state index in [1.54, 1.807) is 32.3 Å². The highest BCUT2D eigenvalue weighted by Crippen LogP contribution is 2.14. The Hall–Kier alpha value is -1.58. The molecule has 148 valence electrons. The number of amides is 1. The molecule has 0 bridgehead atoms. The van der Waals surface area contributed by atoms with Crippen molar-refractivity contribution in [3.05, 3.63) is 30.1 Å². The second-order valence-electron chi connectivity index (χ2n) is 5.91. The summed E-state index contributed by atoms with van der Waals surface area (Å²) in [6.45, 7) is 3.81. The van der Waals surface area contributed by atoms with Crippen LogP contribution in [-0.2, 0) is 4.79 Å². The molecule has 0 saturated carbocycles. The number of rotatable bonds is 9. The molecular formula is C18H30FIN4O2. The van der Waals surface area contributed by atoms with Crippen LogP contribution in [0.1, 0.15) is 19.8 Å². The van der Waals surface area contributed by atoms with Gasteiger partial charge >= 0.3 is 0 Å². The fraction of sp³-hybridized carbons (Fsp3) is 0.556. The van der Waals surface area contributed by atoms with E-state index in [0.29, 0.717) is 19.1 Å². The van der Waals surface area contributed by atoms with Crippen LogP contribution in [0.4, 0.5) is 4.39 Å². The summed E-state index contributed by atoms with van der Waals surface area (Å²) < 4.78 is 19.0. The zero-order valence-corrected chi connectivity index (χ0v) is 18.3. The molecule has 26 heavy (non-hydrogen) atoms. The topological polar surface area (TPSA) is 57.2 Å². The number of aliphatic imine (C=N–C) groups is 1. The van der Waals surface area contributed by atoms with Gasteiger partial charge in [-0.25, -0.2) is 9.38 Å². The van der Waals surface area contributed by atoms with Crippen LogP contribution in [0, 0.1) is 5.82 Å². The number of halogens is 2. The number of carbonyl (C=O) groups excluding carboxylic acids is 1. The van der Waals surface area contributed by atoms with Gasteiger partial charge in [0.15, 0.2) is 17.5 Å². The summed E-state index contributed by atoms with van der Waals surface area (Å²) in [5.41, 5.74) is 0. The molecule has 1 rings (SSSR count). The van der Waals surface area contributed by atoms with E-state index in [-0.39, 0.29) is 48.0 Å². The molecule has 1 N–H and O–H groups in total. The third-order valence-corrected chi connectivity index (χ3v) is 3.56. The average molecular weight is 480 g/mol. The molecule has 0 saturated heterocycles. The summed E-state index contributed by atoms with van der Waals surface area (Å²) in [7, 11) is 5.27. The van der Waals surface area contributed by atoms with Crippen LogP contribution < -0.4 is 10.1 Å². The van der Waals surface area contributed by atoms with Crippen LogP contribution in [-0.4, -0.2) is 69.1 Å². The smallest absolute Gasteiger partial charge is 0.243 e. The predicted octanol–water partition coefficient (Wildman–Crippen LogP) is 2.59. The Morgan fingerprint density at radius 2 is 1.96 bits per heavy atom. The van der Waals surface area contributed by atoms with Crippen molar-refractivity contribution in [1.29, 1.82) is 0 Å². The predicted molar refractivity (Wildman–Crippen MR) is 114 cm³/mol. The van der Waals surface area contributed by atoms with Crippen LogP contribution in [0.5, 0.6) is 5.75 Å². The highest BCUT2D eigenvalue weighted by atomic mass is 127. The molecule has 0 aliphatic rings. The molecule has 0 unspecified atom stereocenters. The van der Waals surface area contributed by atoms with Gasteiger partial charge in [-0.05, 0) is 18.6 Å². The van der Waals surface area contributed by atoms with Crippen molar-refractivity contribution in [3.63, 3.8) is 0 Å². The Kier molecular flexibility index (Phi) is 12.8. The summed E-state index contributed by atoms with van der Waals surface area (Å²) in [5.74, 6) is 0.430. The lowest BCUT2D eigenvalue weighted by Crippen LogP contribution is -2.42. The summed E-state index contributed by atoms with van der Waals surface area (Å²) >= 11 is 0. The van der Waals surface area contributed by atoms with Crippen LogP contribution in [0.3, 0.4) is 0 Å². The van der Waals surface area contributed by atoms with E-state index in [4.69, 9.17) is 4.74 Å². The maximum absolute atomic E-state index is 13.5. The maximum atomic E-state index is 13.5. The molecule has 1 aromatic rings. The molecule has 0 aliphatic heterocycles. The lowest BCUT2D eigenvalue weighted by molar-refractivity contribution is -0.127. The van der Waals surface area contributed by atoms with E-state index in [9.17, 15) is 9.18 Å². The summed E-state index contributed by atoms with van der Waals surface area (Å²) in [5, 5.41) is 3.25. The number of para-hydroxylation sites is 1. The standard InChI is InChI=1S/C18H29FN4O2.HI/c1-5-6-11-20-18(21-14-17(24)22(2)3)23(4)12-13-25-16-10-8-7-9-15(16)19;/h7-10H,5-6,11-14H2,1-4H3,(H,20,21);1H. The van der Waals surface area contributed by atoms with E-state index in [1.165, 1.54) is 11.0 Å². The van der Waals surface area contributed by atoms with Crippen molar-refractivity contribution in [2.75, 3.05) is 47.4 Å². The second kappa shape index (κ2) is 13.6. The Balaban J connectivity index is 0.00000625. The number of ether oxygens (including phenoxy) is 1. The van der Waals surface area contributed by atoms with Crippen LogP contribution in [0.25, 0.3) is 0 Å². The average Bonchev–Trinajstić information content (AvgIpc) is 2.59. The quantitative estimate of drug-likeness (QED) is 0.256. The third-order valence-electron chi connectivity index (χ3n) is 3.56. The Bertz CT molecular complexity index is 570. The minimum Gasteiger partial charge on any atom is -0.489 e. The Morgan fingerprint density at radius 3 is 2.58 bits per heavy atom. The number of hydrogen-bond acceptors (Lipinski definition) is 3. The molecule has 0 atom stereocenters. The van der Waals surface area contributed by atoms with E-state index in [2.05, 4.69) is 17.2 Å². The first-order valence-electron chi connectivity index (χ1n) is 8.52. The van der Waals surface area contributed by atoms with Gasteiger partial charge in [0.05, 0.1) is 6.54 Å². The van der Waals surface area contributed by atoms with E-state index in [1.807, 2.05) is 11.9 Å². The third kappa shape index (κ3) is 9.21. The van der Waals surface area contributed by atoms with Gasteiger partial charge in [0, 0.05) is 27.7 Å². The summed E-state index contributed by atoms with van der Waals surface area (Å²) in [6.07, 6.45) is 2.08. The number of likely N-dealkylation sites (N-methyl/N-ethyl adjacent to an activating group) is 2. The first kappa shape index (κ1) is 24.4. The van der Waals surface area contributed by atoms with Crippen molar-refractivity contribution >= 4 is 35.8 Å². The molecule has 1 amide bonds. The van der Waals surface area contributed by atoms with Crippen molar-refractivity contribution in [1.82, 2.24) is 15.1 Å². The maximum Gasteiger partial charge on any atom is 0.243 e. The van der Waals surface area contributed by atoms with Crippen molar-refractivity contribution < 1.29 is 13.9 Å². The number of hydrogen-bond donors (Lipinski definition) is 1. The van der Waals surface area contributed by atoms with Crippen molar-refractivity contribution in [2.45, 2.75) is 19.8 Å². The zero-order chi connectivity index (χ0) is 18.7. The van der Waals surface area contributed by atoms with Crippen molar-refractivity contribution in [2.24, 2.45) is 4.99 Å². The molecule has 0 radical (unpaired) electrons. The Labute approximate surface area is 172 Å². The molecule has 0 aliphatic carbocycles. The molecule has 1 aromatic carbocycles. The molecule has 0 spiro atoms. The molecular weight excluding hydrogens is 450 g/mol. The van der Waals surface area contributed by atoms with Crippen molar-refractivity contribution in [3.8, 4) is 5.75 Å². The minimum atomic E-state index is -0.378. The van der Waals surface area contributed by atoms with Crippen LogP contribution in [0.15, 0.2) is 29.3 Å². The van der Waals surface area contributed by atoms with Crippen LogP contribution >= 0.6 is 24.0 Å². The number of nitrogens with one attached hydrogen (secondary N) is 1. The molecule has 8 heteroatoms. The number of carbonyl (C=O) groups is 1. The van der Waals surface area contributed by atoms with Crippen LogP contribution in [0.2, 0.25) is 0 Å². The van der Waals surface area contributed by atoms with Gasteiger partial charge in [0.1, 0.15) is 13.2 Å². The monoisotopic (exact) mass is 480 g/mol. The number of unbranched alkanes of at least 4 members (excludes halogenated alkanes) is 1. The number of nitrogens with zero attached hydrogens (tertiary/aromatic N) is 3. The number of benzene rings is 1. The fourth-order valence-electron chi connectivity index (χ4n) is 1.93. The molecule has 0 heterocycles. The van der Waals surface area contributed by atoms with E-state index < -0.39 is 0 Å². The first-order valence-corrected chi connectivity index (χ1v) is 8.52. The van der Waals surface area contributed by atoms with Gasteiger partial charge in [-0.2, -0.15) is 0 Å². The summed E-state index contributed by atoms with van der Waals surface area (Å²) in [6, 6.07) is 6.32. The Morgan fingerprint density at radius 1 is 1.27 bits per heavy atom. The fourth-order valence-corrected chi connectivity index (χ4v) is 1.93. The second-order valence-corrected chi connectivity index (χ2v) is 5.91. The lowest BCUT2D eigenvalue weighted by Gasteiger charge is -2.23. The SMILES string of the molecule is CCCCNC(=NCC(=O)N(C)C)N(C)CCOc1ccccc1F.I. The number of guanidine groups is 1. The first-order chi connectivity index (χ1) is 12.0. The highest BCUT2D eigenvalue weighted by Gasteiger charge is 2.09. The van der Waals surface area contributed by atoms with Gasteiger partial charge in [-0.1, -0.05) is 25.5 Å². The highest BCUT2D eigenvalue weighted by molar-refractivity contribution is 14.0. The van der Waals surface area contributed by atoms with Gasteiger partial charge in [-0.15, -0.1) is 24.0 Å². The normalized spacial score (nSPS) is 10.7. The van der Waals surface area contributed by atoms with Gasteiger partial charge in [0.25, 0.3) is 0 Å². The lowest BCUT2D eigenvalue weighted by atomic mass is 10.3. The van der Waals surface area contributed by atoms with E-state index >= 15 is 0 Å². The largest absolute Gasteiger partial charge is 0.489 e. The van der Waals surface area contributed by atoms with Gasteiger partial charge in [0.2, 0.25) is 5.91 Å². The van der Waals surface area contributed by atoms with Gasteiger partial charge < -0.3 is 19.9 Å². The minimum absolute atomic E-state index is 0.